The van der Waals surface area contributed by atoms with E-state index in [4.69, 9.17) is 28.9 Å². The fraction of sp³-hybridized carbons (Fsp3) is 0.0722. The first-order valence-corrected chi connectivity index (χ1v) is 43.7. The number of Topliss-reactive ketones (excluding diaryl/α,β-unsaturated/α-hetero) is 12. The number of rotatable bonds is 0. The maximum Gasteiger partial charge on any atom is 0.204 e. The van der Waals surface area contributed by atoms with Gasteiger partial charge in [-0.1, -0.05) is 65.7 Å². The Hall–Kier alpha value is -15.2. The Morgan fingerprint density at radius 2 is 0.436 bits per heavy atom. The Balaban J connectivity index is 0.957. The molecule has 133 heavy (non-hydrogen) atoms. The van der Waals surface area contributed by atoms with E-state index in [2.05, 4.69) is 119 Å². The van der Waals surface area contributed by atoms with Crippen molar-refractivity contribution in [2.24, 2.45) is 0 Å². The van der Waals surface area contributed by atoms with Gasteiger partial charge in [0.25, 0.3) is 0 Å². The molecule has 10 aromatic heterocycles. The summed E-state index contributed by atoms with van der Waals surface area (Å²) in [7, 11) is 0. The normalized spacial score (nSPS) is 15.3. The highest BCUT2D eigenvalue weighted by molar-refractivity contribution is 9.11. The number of nitrogen functional groups attached to an aromatic ring is 1. The number of H-pyrrole nitrogens is 11. The van der Waals surface area contributed by atoms with E-state index in [0.29, 0.717) is 51.0 Å². The van der Waals surface area contributed by atoms with Gasteiger partial charge in [-0.15, -0.1) is 0 Å². The lowest BCUT2D eigenvalue weighted by Gasteiger charge is -2.12. The van der Waals surface area contributed by atoms with Crippen LogP contribution in [-0.2, 0) is 0 Å². The minimum Gasteiger partial charge on any atom is -0.398 e. The molecule has 13 N–H and O–H groups in total. The molecule has 0 atom stereocenters. The summed E-state index contributed by atoms with van der Waals surface area (Å²) in [5.41, 5.74) is -3.89. The third kappa shape index (κ3) is 19.0. The van der Waals surface area contributed by atoms with Crippen LogP contribution in [-0.4, -0.2) is 124 Å². The summed E-state index contributed by atoms with van der Waals surface area (Å²) < 4.78 is 1.21. The van der Waals surface area contributed by atoms with Crippen molar-refractivity contribution in [3.05, 3.63) is 403 Å². The molecule has 0 amide bonds. The molecule has 0 saturated heterocycles. The first-order chi connectivity index (χ1) is 63.5. The van der Waals surface area contributed by atoms with Crippen LogP contribution in [0.1, 0.15) is 171 Å². The van der Waals surface area contributed by atoms with E-state index in [1.807, 2.05) is 0 Å². The summed E-state index contributed by atoms with van der Waals surface area (Å²) in [6, 6.07) is 25.2. The standard InChI is InChI=1S/C97H68Br4Cl2N12O18/c1-8-48-80(116)54-31-105-44-15-17-45(18-16-44)106-32-55-81(117)49(9-2)84(120)58(92(55)128)36-110-72-25-66(99)73(26-65(72)98)111-37-59-85(121)51(11-4)86(122)60(94(59)130)38-112-74-27-68(101)75(28-67(74)100)113-39-61-87(123)52(12-5)89(125)63(95(61)131)41-115-77-30-69(102)76(29-70(77)103)114-40-62-88(124)50(10-3)82(118)56(93(62)129)33-107-46-19-21-47(22-20-46)108-34-64-90(126)53(13-6)96(132)78(97(64)133)79(104)43-14-23-71(42(7)24-43)109-35-57(83(48)119)91(54)127/h8-41,105-115H,104H2,1-7H3/b48-8-,49-9+,50-10-,51-11+,52-12+,53-13+,54-31?,55-32?,56-33?,57-35?,58-36?,59-37?,60-38?,61-39?,62-40?,63-41?,64-34?,79-78?. The number of aryl methyl sites for hydroxylation is 1. The zero-order chi connectivity index (χ0) is 96.2. The highest BCUT2D eigenvalue weighted by atomic mass is 79.9. The maximum absolute atomic E-state index is 14.3. The summed E-state index contributed by atoms with van der Waals surface area (Å²) in [6.07, 6.45) is 19.6. The number of carbonyl (C=O) groups is 12. The van der Waals surface area contributed by atoms with Crippen molar-refractivity contribution < 1.29 is 57.5 Å². The molecule has 10 heterocycles. The Morgan fingerprint density at radius 3 is 0.654 bits per heavy atom. The third-order valence-electron chi connectivity index (χ3n) is 21.4. The largest absolute Gasteiger partial charge is 0.398 e. The van der Waals surface area contributed by atoms with E-state index in [9.17, 15) is 86.3 Å². The fourth-order valence-corrected chi connectivity index (χ4v) is 16.4. The van der Waals surface area contributed by atoms with Crippen LogP contribution in [0.25, 0.3) is 66.1 Å². The Kier molecular flexibility index (Phi) is 28.7. The fourth-order valence-electron chi connectivity index (χ4n) is 14.1. The van der Waals surface area contributed by atoms with Gasteiger partial charge in [0.1, 0.15) is 0 Å². The van der Waals surface area contributed by atoms with E-state index in [0.717, 1.165) is 68.2 Å². The first-order valence-electron chi connectivity index (χ1n) is 39.7. The van der Waals surface area contributed by atoms with Crippen LogP contribution in [0.3, 0.4) is 0 Å². The SMILES string of the molecule is C/C=C1/C(=O)c2c[nH]c3ccc(cc3)[nH]cc3c(=O)c(c[nH]c4cc(Br)c(cc4Br)[nH]cc4c(=O)c(c[nH]c5cc(Br)c(cc5Br)[nH]cc5c(=O)c(c[nH]c6cc(Cl)c(cc6Cl)[nH]cc6c(=O)c(c[nH]c7ccc(cc7)[nH]cc7c(=O)c(c(N)c8ccc([nH]cc(c2=O)C1=O)c(C)c8)C(=O)/C(=C/C)C7=O)C(=O)/C(=C/C)C6=O)C(=O)/C(=C/C)C5=O)C(=O)/C(=C/C)C4=O)C(=O)/C(=C/C)C3=O. The quantitative estimate of drug-likeness (QED) is 0.0495. The van der Waals surface area contributed by atoms with Crippen molar-refractivity contribution in [3.63, 3.8) is 0 Å². The summed E-state index contributed by atoms with van der Waals surface area (Å²) in [5.74, 6) is -10.8. The van der Waals surface area contributed by atoms with Crippen molar-refractivity contribution in [1.29, 1.82) is 0 Å². The summed E-state index contributed by atoms with van der Waals surface area (Å²) in [6.45, 7) is 10.2. The molecule has 0 spiro atoms. The second kappa shape index (κ2) is 40.0. The van der Waals surface area contributed by atoms with Gasteiger partial charge in [-0.2, -0.15) is 0 Å². The van der Waals surface area contributed by atoms with Crippen LogP contribution in [0.15, 0.2) is 288 Å². The van der Waals surface area contributed by atoms with Gasteiger partial charge in [0.05, 0.1) is 149 Å². The van der Waals surface area contributed by atoms with Crippen LogP contribution in [0.5, 0.6) is 0 Å². The number of ketones is 12. The molecule has 24 bridgehead atoms. The van der Waals surface area contributed by atoms with Crippen molar-refractivity contribution in [2.45, 2.75) is 48.5 Å². The number of nitrogens with two attached hydrogens (primary N) is 1. The molecule has 36 heteroatoms. The molecule has 6 aliphatic rings. The average Bonchev–Trinajstić information content (AvgIpc) is 0.772. The minimum atomic E-state index is -1.01. The lowest BCUT2D eigenvalue weighted by Crippen LogP contribution is -2.32. The highest BCUT2D eigenvalue weighted by Gasteiger charge is 2.37. The number of nitrogens with one attached hydrogen (secondary N) is 11. The zero-order valence-electron chi connectivity index (χ0n) is 70.3. The van der Waals surface area contributed by atoms with Gasteiger partial charge in [-0.25, -0.2) is 0 Å². The predicted octanol–water partition coefficient (Wildman–Crippen LogP) is 18.2. The van der Waals surface area contributed by atoms with Crippen molar-refractivity contribution in [3.8, 4) is 0 Å². The molecular formula is C97H68Br4Cl2N12O18. The number of carbonyl (C=O) groups excluding carboxylic acids is 12. The molecule has 666 valence electrons. The van der Waals surface area contributed by atoms with E-state index in [1.165, 1.54) is 181 Å². The molecule has 0 saturated carbocycles. The van der Waals surface area contributed by atoms with Gasteiger partial charge in [0, 0.05) is 114 Å². The minimum absolute atomic E-state index is 0.0350. The van der Waals surface area contributed by atoms with E-state index in [-0.39, 0.29) is 87.7 Å². The van der Waals surface area contributed by atoms with Crippen LogP contribution in [0.4, 0.5) is 5.69 Å². The smallest absolute Gasteiger partial charge is 0.204 e. The summed E-state index contributed by atoms with van der Waals surface area (Å²) >= 11 is 27.4. The Labute approximate surface area is 791 Å². The lowest BCUT2D eigenvalue weighted by molar-refractivity contribution is 0.0937. The molecule has 0 unspecified atom stereocenters. The van der Waals surface area contributed by atoms with E-state index < -0.39 is 169 Å². The van der Waals surface area contributed by atoms with Gasteiger partial charge in [-0.05, 0) is 220 Å². The molecule has 6 aliphatic carbocycles. The number of hydrogen-bond donors (Lipinski definition) is 12. The number of hydrogen-bond acceptors (Lipinski definition) is 19. The van der Waals surface area contributed by atoms with Crippen LogP contribution in [0, 0.1) is 6.92 Å². The first kappa shape index (κ1) is 95.4. The Morgan fingerprint density at radius 1 is 0.241 bits per heavy atom. The van der Waals surface area contributed by atoms with Crippen LogP contribution < -0.4 is 38.3 Å². The second-order valence-corrected chi connectivity index (χ2v) is 33.5. The molecule has 0 aliphatic heterocycles. The monoisotopic (exact) mass is 2070 g/mol. The molecule has 22 rings (SSSR count). The van der Waals surface area contributed by atoms with Crippen LogP contribution >= 0.6 is 86.9 Å². The topological polar surface area (TPSA) is 507 Å². The third-order valence-corrected chi connectivity index (χ3v) is 24.6. The van der Waals surface area contributed by atoms with Gasteiger partial charge < -0.3 is 60.6 Å². The highest BCUT2D eigenvalue weighted by Crippen LogP contribution is 2.31. The van der Waals surface area contributed by atoms with Crippen molar-refractivity contribution in [1.82, 2.24) is 54.8 Å². The number of aromatic amines is 11. The predicted molar refractivity (Wildman–Crippen MR) is 521 cm³/mol. The van der Waals surface area contributed by atoms with E-state index in [1.54, 1.807) is 6.92 Å². The van der Waals surface area contributed by atoms with Gasteiger partial charge in [-0.3, -0.25) is 86.3 Å². The lowest BCUT2D eigenvalue weighted by atomic mass is 9.89. The maximum atomic E-state index is 14.3. The molecule has 16 aromatic rings. The Bertz CT molecular complexity index is 8210. The van der Waals surface area contributed by atoms with Crippen molar-refractivity contribution in [2.75, 3.05) is 5.73 Å². The van der Waals surface area contributed by atoms with Gasteiger partial charge >= 0.3 is 0 Å². The van der Waals surface area contributed by atoms with E-state index >= 15 is 0 Å². The summed E-state index contributed by atoms with van der Waals surface area (Å²) in [5, 5.41) is 0.00599. The number of benzene rings is 6. The van der Waals surface area contributed by atoms with Gasteiger partial charge in [0.2, 0.25) is 102 Å². The average molecular weight is 2080 g/mol. The molecule has 30 nitrogen and oxygen atoms in total. The van der Waals surface area contributed by atoms with Crippen molar-refractivity contribution >= 4 is 228 Å². The molecule has 6 aromatic carbocycles. The number of aromatic nitrogens is 11. The zero-order valence-corrected chi connectivity index (χ0v) is 78.2. The second-order valence-electron chi connectivity index (χ2n) is 29.3. The molecule has 0 fully saturated rings. The number of anilines is 1. The molecular weight excluding hydrogens is 2010 g/mol. The number of halogens is 6. The summed E-state index contributed by atoms with van der Waals surface area (Å²) in [4.78, 5) is 283. The molecule has 0 radical (unpaired) electrons. The number of allylic oxidation sites excluding steroid dienone is 12. The van der Waals surface area contributed by atoms with Crippen LogP contribution in [0.2, 0.25) is 10.0 Å². The van der Waals surface area contributed by atoms with Gasteiger partial charge in [0.15, 0.2) is 0 Å².